The van der Waals surface area contributed by atoms with Gasteiger partial charge in [0.05, 0.1) is 6.42 Å². The molecule has 0 aromatic carbocycles. The molecule has 1 atom stereocenters. The summed E-state index contributed by atoms with van der Waals surface area (Å²) in [5.74, 6) is -3.19. The maximum atomic E-state index is 11.3. The molecule has 0 radical (unpaired) electrons. The second kappa shape index (κ2) is 5.32. The summed E-state index contributed by atoms with van der Waals surface area (Å²) in [5.41, 5.74) is 0.276. The fourth-order valence-electron chi connectivity index (χ4n) is 0.972. The monoisotopic (exact) mass is 198 g/mol. The first-order valence-corrected chi connectivity index (χ1v) is 4.34. The Balaban J connectivity index is 4.40. The third-order valence-corrected chi connectivity index (χ3v) is 1.91. The van der Waals surface area contributed by atoms with Crippen molar-refractivity contribution in [3.8, 4) is 0 Å². The predicted molar refractivity (Wildman–Crippen MR) is 50.9 cm³/mol. The highest BCUT2D eigenvalue weighted by Crippen LogP contribution is 2.09. The molecule has 0 spiro atoms. The van der Waals surface area contributed by atoms with E-state index in [1.165, 1.54) is 6.92 Å². The van der Waals surface area contributed by atoms with Crippen LogP contribution in [0.4, 0.5) is 0 Å². The summed E-state index contributed by atoms with van der Waals surface area (Å²) in [6.45, 7) is 6.49. The summed E-state index contributed by atoms with van der Waals surface area (Å²) in [6, 6.07) is 0. The minimum atomic E-state index is -1.17. The molecule has 0 saturated heterocycles. The van der Waals surface area contributed by atoms with Crippen molar-refractivity contribution in [2.75, 3.05) is 0 Å². The van der Waals surface area contributed by atoms with Crippen molar-refractivity contribution in [1.29, 1.82) is 0 Å². The second-order valence-electron chi connectivity index (χ2n) is 3.15. The molecule has 0 aliphatic heterocycles. The van der Waals surface area contributed by atoms with Crippen LogP contribution in [-0.2, 0) is 14.4 Å². The van der Waals surface area contributed by atoms with Crippen LogP contribution in [0.3, 0.4) is 0 Å². The molecule has 0 rings (SSSR count). The number of rotatable bonds is 6. The molecule has 14 heavy (non-hydrogen) atoms. The molecule has 78 valence electrons. The highest BCUT2D eigenvalue weighted by atomic mass is 16.4. The Labute approximate surface area is 82.6 Å². The standard InChI is InChI=1S/C10H14O4/c1-4-7(10(13)14)9(12)5-8(11)6(2)3/h7H,2,4-5H2,1,3H3,(H,13,14). The molecule has 0 bridgehead atoms. The Hall–Kier alpha value is -1.45. The normalized spacial score (nSPS) is 11.9. The summed E-state index contributed by atoms with van der Waals surface area (Å²) < 4.78 is 0. The summed E-state index contributed by atoms with van der Waals surface area (Å²) in [7, 11) is 0. The number of ketones is 2. The van der Waals surface area contributed by atoms with Crippen molar-refractivity contribution in [2.24, 2.45) is 5.92 Å². The van der Waals surface area contributed by atoms with Gasteiger partial charge in [0, 0.05) is 0 Å². The van der Waals surface area contributed by atoms with Crippen LogP contribution in [0.5, 0.6) is 0 Å². The van der Waals surface area contributed by atoms with Gasteiger partial charge in [-0.15, -0.1) is 0 Å². The molecular formula is C10H14O4. The predicted octanol–water partition coefficient (Wildman–Crippen LogP) is 1.20. The quantitative estimate of drug-likeness (QED) is 0.514. The highest BCUT2D eigenvalue weighted by molar-refractivity contribution is 6.11. The van der Waals surface area contributed by atoms with Gasteiger partial charge in [0.15, 0.2) is 11.6 Å². The SMILES string of the molecule is C=C(C)C(=O)CC(=O)C(CC)C(=O)O. The van der Waals surface area contributed by atoms with Gasteiger partial charge in [-0.25, -0.2) is 0 Å². The summed E-state index contributed by atoms with van der Waals surface area (Å²) in [6.07, 6.45) is -0.155. The van der Waals surface area contributed by atoms with E-state index < -0.39 is 23.5 Å². The van der Waals surface area contributed by atoms with Crippen molar-refractivity contribution in [3.63, 3.8) is 0 Å². The Bertz CT molecular complexity index is 278. The molecule has 0 aromatic rings. The number of hydrogen-bond donors (Lipinski definition) is 1. The molecule has 1 N–H and O–H groups in total. The number of Topliss-reactive ketones (excluding diaryl/α,β-unsaturated/α-hetero) is 2. The van der Waals surface area contributed by atoms with Gasteiger partial charge >= 0.3 is 5.97 Å². The van der Waals surface area contributed by atoms with Crippen LogP contribution in [0.15, 0.2) is 12.2 Å². The highest BCUT2D eigenvalue weighted by Gasteiger charge is 2.25. The lowest BCUT2D eigenvalue weighted by Gasteiger charge is -2.07. The first-order chi connectivity index (χ1) is 6.40. The number of hydrogen-bond acceptors (Lipinski definition) is 3. The van der Waals surface area contributed by atoms with Gasteiger partial charge in [-0.05, 0) is 18.9 Å². The molecular weight excluding hydrogens is 184 g/mol. The molecule has 0 aliphatic carbocycles. The third-order valence-electron chi connectivity index (χ3n) is 1.91. The van der Waals surface area contributed by atoms with Crippen LogP contribution < -0.4 is 0 Å². The van der Waals surface area contributed by atoms with E-state index in [4.69, 9.17) is 5.11 Å². The van der Waals surface area contributed by atoms with E-state index in [0.717, 1.165) is 0 Å². The van der Waals surface area contributed by atoms with E-state index in [2.05, 4.69) is 6.58 Å². The first kappa shape index (κ1) is 12.6. The lowest BCUT2D eigenvalue weighted by molar-refractivity contribution is -0.146. The van der Waals surface area contributed by atoms with Crippen LogP contribution in [0, 0.1) is 5.92 Å². The maximum absolute atomic E-state index is 11.3. The number of carboxylic acid groups (broad SMARTS) is 1. The van der Waals surface area contributed by atoms with E-state index in [-0.39, 0.29) is 18.4 Å². The number of carbonyl (C=O) groups is 3. The smallest absolute Gasteiger partial charge is 0.314 e. The lowest BCUT2D eigenvalue weighted by Crippen LogP contribution is -2.25. The molecule has 0 aliphatic rings. The zero-order chi connectivity index (χ0) is 11.3. The Kier molecular flexibility index (Phi) is 4.77. The van der Waals surface area contributed by atoms with Crippen molar-refractivity contribution >= 4 is 17.5 Å². The van der Waals surface area contributed by atoms with E-state index >= 15 is 0 Å². The number of aliphatic carboxylic acids is 1. The summed E-state index contributed by atoms with van der Waals surface area (Å²) in [4.78, 5) is 32.9. The Morgan fingerprint density at radius 2 is 1.86 bits per heavy atom. The largest absolute Gasteiger partial charge is 0.481 e. The van der Waals surface area contributed by atoms with Gasteiger partial charge in [0.1, 0.15) is 5.92 Å². The Morgan fingerprint density at radius 3 is 2.14 bits per heavy atom. The molecule has 0 amide bonds. The topological polar surface area (TPSA) is 71.4 Å². The number of carboxylic acids is 1. The van der Waals surface area contributed by atoms with E-state index in [0.29, 0.717) is 0 Å². The minimum absolute atomic E-state index is 0.206. The van der Waals surface area contributed by atoms with Gasteiger partial charge in [-0.1, -0.05) is 13.5 Å². The molecule has 4 heteroatoms. The van der Waals surface area contributed by atoms with Crippen LogP contribution in [0.2, 0.25) is 0 Å². The average Bonchev–Trinajstić information content (AvgIpc) is 2.04. The van der Waals surface area contributed by atoms with Gasteiger partial charge in [0.2, 0.25) is 0 Å². The van der Waals surface area contributed by atoms with Crippen LogP contribution in [0.1, 0.15) is 26.7 Å². The fourth-order valence-corrected chi connectivity index (χ4v) is 0.972. The van der Waals surface area contributed by atoms with Crippen molar-refractivity contribution < 1.29 is 19.5 Å². The fraction of sp³-hybridized carbons (Fsp3) is 0.500. The van der Waals surface area contributed by atoms with Crippen LogP contribution >= 0.6 is 0 Å². The summed E-state index contributed by atoms with van der Waals surface area (Å²) >= 11 is 0. The van der Waals surface area contributed by atoms with E-state index in [9.17, 15) is 14.4 Å². The molecule has 0 heterocycles. The van der Waals surface area contributed by atoms with Crippen LogP contribution in [0.25, 0.3) is 0 Å². The van der Waals surface area contributed by atoms with Gasteiger partial charge in [-0.3, -0.25) is 14.4 Å². The first-order valence-electron chi connectivity index (χ1n) is 4.34. The molecule has 4 nitrogen and oxygen atoms in total. The summed E-state index contributed by atoms with van der Waals surface area (Å²) in [5, 5.41) is 8.64. The third kappa shape index (κ3) is 3.51. The zero-order valence-corrected chi connectivity index (χ0v) is 8.37. The molecule has 0 fully saturated rings. The second-order valence-corrected chi connectivity index (χ2v) is 3.15. The lowest BCUT2D eigenvalue weighted by atomic mass is 9.96. The van der Waals surface area contributed by atoms with Crippen LogP contribution in [-0.4, -0.2) is 22.6 Å². The van der Waals surface area contributed by atoms with Gasteiger partial charge in [-0.2, -0.15) is 0 Å². The number of allylic oxidation sites excluding steroid dienone is 1. The van der Waals surface area contributed by atoms with Gasteiger partial charge in [0.25, 0.3) is 0 Å². The number of carbonyl (C=O) groups excluding carboxylic acids is 2. The van der Waals surface area contributed by atoms with E-state index in [1.807, 2.05) is 0 Å². The van der Waals surface area contributed by atoms with Crippen molar-refractivity contribution in [2.45, 2.75) is 26.7 Å². The average molecular weight is 198 g/mol. The zero-order valence-electron chi connectivity index (χ0n) is 8.37. The minimum Gasteiger partial charge on any atom is -0.481 e. The molecule has 1 unspecified atom stereocenters. The van der Waals surface area contributed by atoms with Crippen molar-refractivity contribution in [3.05, 3.63) is 12.2 Å². The Morgan fingerprint density at radius 1 is 1.36 bits per heavy atom. The van der Waals surface area contributed by atoms with Crippen molar-refractivity contribution in [1.82, 2.24) is 0 Å². The van der Waals surface area contributed by atoms with E-state index in [1.54, 1.807) is 6.92 Å². The van der Waals surface area contributed by atoms with Gasteiger partial charge < -0.3 is 5.11 Å². The molecule has 0 saturated carbocycles. The molecule has 0 aromatic heterocycles. The maximum Gasteiger partial charge on any atom is 0.314 e.